The van der Waals surface area contributed by atoms with Crippen molar-refractivity contribution in [1.29, 1.82) is 0 Å². The van der Waals surface area contributed by atoms with Crippen molar-refractivity contribution in [3.8, 4) is 0 Å². The fourth-order valence-corrected chi connectivity index (χ4v) is 3.55. The summed E-state index contributed by atoms with van der Waals surface area (Å²) in [5.41, 5.74) is 7.79. The zero-order valence-corrected chi connectivity index (χ0v) is 18.9. The normalized spacial score (nSPS) is 10.2. The Bertz CT molecular complexity index is 514. The Morgan fingerprint density at radius 3 is 2.04 bits per heavy atom. The second-order valence-corrected chi connectivity index (χ2v) is 7.29. The number of aryl methyl sites for hydroxylation is 5. The van der Waals surface area contributed by atoms with Crippen LogP contribution >= 0.6 is 0 Å². The van der Waals surface area contributed by atoms with E-state index in [0.717, 1.165) is 0 Å². The Morgan fingerprint density at radius 2 is 1.46 bits per heavy atom. The number of rotatable bonds is 10. The third-order valence-electron chi connectivity index (χ3n) is 4.67. The summed E-state index contributed by atoms with van der Waals surface area (Å²) in [4.78, 5) is 0. The van der Waals surface area contributed by atoms with Crippen LogP contribution in [0.25, 0.3) is 0 Å². The van der Waals surface area contributed by atoms with Gasteiger partial charge in [0, 0.05) is 0 Å². The van der Waals surface area contributed by atoms with Crippen molar-refractivity contribution in [1.82, 2.24) is 0 Å². The number of hydrogen-bond acceptors (Lipinski definition) is 0. The molecule has 0 atom stereocenters. The third-order valence-corrected chi connectivity index (χ3v) is 4.67. The van der Waals surface area contributed by atoms with Crippen molar-refractivity contribution in [2.75, 3.05) is 0 Å². The summed E-state index contributed by atoms with van der Waals surface area (Å²) in [6.07, 6.45) is 12.6. The molecule has 26 heavy (non-hydrogen) atoms. The van der Waals surface area contributed by atoms with Crippen LogP contribution in [0.1, 0.15) is 94.5 Å². The van der Waals surface area contributed by atoms with E-state index in [-0.39, 0.29) is 17.1 Å². The van der Waals surface area contributed by atoms with Crippen molar-refractivity contribution in [2.24, 2.45) is 0 Å². The van der Waals surface area contributed by atoms with Crippen molar-refractivity contribution in [3.05, 3.63) is 58.1 Å². The van der Waals surface area contributed by atoms with Gasteiger partial charge in [0.1, 0.15) is 0 Å². The average Bonchev–Trinajstić information content (AvgIpc) is 3.18. The molecular weight excluding hydrogens is 356 g/mol. The second-order valence-electron chi connectivity index (χ2n) is 7.29. The van der Waals surface area contributed by atoms with E-state index in [4.69, 9.17) is 0 Å². The molecule has 0 nitrogen and oxygen atoms in total. The topological polar surface area (TPSA) is 0 Å². The molecule has 2 aromatic carbocycles. The van der Waals surface area contributed by atoms with Gasteiger partial charge < -0.3 is 0 Å². The van der Waals surface area contributed by atoms with Crippen LogP contribution < -0.4 is 0 Å². The van der Waals surface area contributed by atoms with Crippen LogP contribution in [0.3, 0.4) is 0 Å². The van der Waals surface area contributed by atoms with Crippen molar-refractivity contribution in [2.45, 2.75) is 98.8 Å². The zero-order valence-electron chi connectivity index (χ0n) is 17.8. The van der Waals surface area contributed by atoms with Gasteiger partial charge in [-0.3, -0.25) is 0 Å². The first-order chi connectivity index (χ1) is 12.2. The molecule has 1 heteroatoms. The Kier molecular flexibility index (Phi) is 14.8. The van der Waals surface area contributed by atoms with E-state index in [2.05, 4.69) is 65.0 Å². The Morgan fingerprint density at radius 1 is 0.808 bits per heavy atom. The molecule has 2 aromatic rings. The van der Waals surface area contributed by atoms with Crippen molar-refractivity contribution < 1.29 is 17.1 Å². The first kappa shape index (κ1) is 25.2. The fraction of sp³-hybridized carbons (Fsp3) is 0.600. The Balaban J connectivity index is 0.000000475. The SMILES string of the molecule is CCCc1cc(CCC)c(CCC)[cH-]1.CCCc1cc[c-](CCC)c1.[Fe+2]. The van der Waals surface area contributed by atoms with Gasteiger partial charge in [0.25, 0.3) is 0 Å². The van der Waals surface area contributed by atoms with Crippen LogP contribution in [-0.2, 0) is 49.2 Å². The van der Waals surface area contributed by atoms with Crippen LogP contribution in [0, 0.1) is 0 Å². The molecule has 0 aromatic heterocycles. The van der Waals surface area contributed by atoms with Crippen molar-refractivity contribution >= 4 is 0 Å². The van der Waals surface area contributed by atoms with Gasteiger partial charge in [0.2, 0.25) is 0 Å². The summed E-state index contributed by atoms with van der Waals surface area (Å²) < 4.78 is 0. The van der Waals surface area contributed by atoms with Gasteiger partial charge >= 0.3 is 17.1 Å². The number of hydrogen-bond donors (Lipinski definition) is 0. The summed E-state index contributed by atoms with van der Waals surface area (Å²) in [5.74, 6) is 0. The maximum absolute atomic E-state index is 2.43. The predicted octanol–water partition coefficient (Wildman–Crippen LogP) is 7.57. The van der Waals surface area contributed by atoms with E-state index in [1.165, 1.54) is 75.3 Å². The van der Waals surface area contributed by atoms with E-state index < -0.39 is 0 Å². The molecule has 0 radical (unpaired) electrons. The summed E-state index contributed by atoms with van der Waals surface area (Å²) in [6, 6.07) is 11.7. The van der Waals surface area contributed by atoms with Gasteiger partial charge in [0.05, 0.1) is 0 Å². The molecular formula is C25H40Fe. The van der Waals surface area contributed by atoms with E-state index in [9.17, 15) is 0 Å². The molecule has 0 saturated carbocycles. The largest absolute Gasteiger partial charge is 2.00 e. The molecule has 0 bridgehead atoms. The first-order valence-electron chi connectivity index (χ1n) is 10.7. The molecule has 0 N–H and O–H groups in total. The molecule has 148 valence electrons. The van der Waals surface area contributed by atoms with Gasteiger partial charge in [-0.15, -0.1) is 0 Å². The predicted molar refractivity (Wildman–Crippen MR) is 114 cm³/mol. The van der Waals surface area contributed by atoms with Gasteiger partial charge in [-0.2, -0.15) is 46.0 Å². The van der Waals surface area contributed by atoms with Crippen LogP contribution in [0.15, 0.2) is 30.3 Å². The minimum absolute atomic E-state index is 0. The molecule has 0 amide bonds. The van der Waals surface area contributed by atoms with E-state index >= 15 is 0 Å². The molecule has 0 spiro atoms. The molecule has 0 saturated heterocycles. The maximum atomic E-state index is 2.43. The molecule has 0 aliphatic heterocycles. The van der Waals surface area contributed by atoms with E-state index in [1.807, 2.05) is 0 Å². The minimum atomic E-state index is 0. The molecule has 0 heterocycles. The minimum Gasteiger partial charge on any atom is -0.210 e. The van der Waals surface area contributed by atoms with E-state index in [0.29, 0.717) is 0 Å². The van der Waals surface area contributed by atoms with E-state index in [1.54, 1.807) is 16.7 Å². The van der Waals surface area contributed by atoms with Crippen LogP contribution in [0.2, 0.25) is 0 Å². The molecule has 2 rings (SSSR count). The molecule has 0 aliphatic carbocycles. The Hall–Kier alpha value is -0.781. The quantitative estimate of drug-likeness (QED) is 0.287. The monoisotopic (exact) mass is 396 g/mol. The summed E-state index contributed by atoms with van der Waals surface area (Å²) >= 11 is 0. The average molecular weight is 396 g/mol. The Labute approximate surface area is 174 Å². The second kappa shape index (κ2) is 15.3. The van der Waals surface area contributed by atoms with Crippen molar-refractivity contribution in [3.63, 3.8) is 0 Å². The fourth-order valence-electron chi connectivity index (χ4n) is 3.55. The first-order valence-corrected chi connectivity index (χ1v) is 10.7. The summed E-state index contributed by atoms with van der Waals surface area (Å²) in [6.45, 7) is 11.2. The van der Waals surface area contributed by atoms with Gasteiger partial charge in [-0.1, -0.05) is 98.8 Å². The third kappa shape index (κ3) is 9.24. The summed E-state index contributed by atoms with van der Waals surface area (Å²) in [7, 11) is 0. The van der Waals surface area contributed by atoms with Gasteiger partial charge in [-0.25, -0.2) is 12.1 Å². The smallest absolute Gasteiger partial charge is 0.210 e. The van der Waals surface area contributed by atoms with Crippen LogP contribution in [0.4, 0.5) is 0 Å². The molecule has 0 unspecified atom stereocenters. The standard InChI is InChI=1S/C14H23.C11H17.Fe/c1-4-7-12-10-13(8-5-2)14(11-12)9-6-3;1-3-5-10-7-8-11(9-10)6-4-2;/h10-11H,4-9H2,1-3H3;7-9H,3-6H2,1-2H3;/q2*-1;+2. The zero-order chi connectivity index (χ0) is 18.5. The van der Waals surface area contributed by atoms with Gasteiger partial charge in [0.15, 0.2) is 0 Å². The van der Waals surface area contributed by atoms with Gasteiger partial charge in [-0.05, 0) is 0 Å². The maximum Gasteiger partial charge on any atom is 2.00 e. The van der Waals surface area contributed by atoms with Crippen LogP contribution in [-0.4, -0.2) is 0 Å². The van der Waals surface area contributed by atoms with Crippen LogP contribution in [0.5, 0.6) is 0 Å². The summed E-state index contributed by atoms with van der Waals surface area (Å²) in [5, 5.41) is 0. The molecule has 0 aliphatic rings. The molecule has 0 fully saturated rings.